The van der Waals surface area contributed by atoms with Crippen LogP contribution in [0.3, 0.4) is 0 Å². The molecule has 0 aromatic carbocycles. The first kappa shape index (κ1) is 10.1. The number of nitrogens with zero attached hydrogens (tertiary/aromatic N) is 2. The monoisotopic (exact) mass is 206 g/mol. The Bertz CT molecular complexity index is 418. The number of rotatable bonds is 3. The predicted octanol–water partition coefficient (Wildman–Crippen LogP) is 1.95. The molecule has 0 aliphatic heterocycles. The van der Waals surface area contributed by atoms with Crippen molar-refractivity contribution >= 4 is 11.2 Å². The third-order valence-corrected chi connectivity index (χ3v) is 2.50. The Balaban J connectivity index is 2.43. The van der Waals surface area contributed by atoms with Gasteiger partial charge >= 0.3 is 0 Å². The summed E-state index contributed by atoms with van der Waals surface area (Å²) in [6, 6.07) is 3.63. The van der Waals surface area contributed by atoms with Crippen LogP contribution in [0.1, 0.15) is 25.7 Å². The Morgan fingerprint density at radius 3 is 2.87 bits per heavy atom. The molecular weight excluding hydrogens is 192 g/mol. The van der Waals surface area contributed by atoms with E-state index in [9.17, 15) is 5.11 Å². The highest BCUT2D eigenvalue weighted by molar-refractivity contribution is 5.66. The zero-order valence-corrected chi connectivity index (χ0v) is 8.84. The summed E-state index contributed by atoms with van der Waals surface area (Å²) in [5.41, 5.74) is 1.28. The maximum atomic E-state index is 9.25. The van der Waals surface area contributed by atoms with Crippen LogP contribution in [0.5, 0.6) is 0 Å². The zero-order valence-electron chi connectivity index (χ0n) is 8.84. The zero-order chi connectivity index (χ0) is 10.8. The molecule has 0 fully saturated rings. The van der Waals surface area contributed by atoms with Crippen LogP contribution in [-0.2, 0) is 0 Å². The van der Waals surface area contributed by atoms with Crippen molar-refractivity contribution in [3.8, 4) is 0 Å². The molecule has 15 heavy (non-hydrogen) atoms. The first-order valence-electron chi connectivity index (χ1n) is 5.04. The van der Waals surface area contributed by atoms with Gasteiger partial charge in [0.1, 0.15) is 0 Å². The van der Waals surface area contributed by atoms with E-state index in [1.54, 1.807) is 12.3 Å². The van der Waals surface area contributed by atoms with Gasteiger partial charge in [0.2, 0.25) is 5.89 Å². The van der Waals surface area contributed by atoms with Gasteiger partial charge in [-0.25, -0.2) is 4.98 Å². The van der Waals surface area contributed by atoms with Crippen LogP contribution < -0.4 is 0 Å². The van der Waals surface area contributed by atoms with E-state index in [0.717, 1.165) is 0 Å². The molecule has 4 heteroatoms. The molecule has 0 saturated carbocycles. The molecule has 1 atom stereocenters. The van der Waals surface area contributed by atoms with Crippen LogP contribution in [0.15, 0.2) is 22.7 Å². The van der Waals surface area contributed by atoms with E-state index < -0.39 is 0 Å². The minimum absolute atomic E-state index is 0.0461. The Morgan fingerprint density at radius 1 is 1.47 bits per heavy atom. The SMILES string of the molecule is CC(C)C(CO)c1nc2ncccc2o1. The van der Waals surface area contributed by atoms with Gasteiger partial charge < -0.3 is 9.52 Å². The van der Waals surface area contributed by atoms with Gasteiger partial charge in [0.15, 0.2) is 11.2 Å². The quantitative estimate of drug-likeness (QED) is 0.833. The normalized spacial score (nSPS) is 13.6. The number of fused-ring (bicyclic) bond motifs is 1. The fourth-order valence-electron chi connectivity index (χ4n) is 1.52. The lowest BCUT2D eigenvalue weighted by atomic mass is 9.97. The number of hydrogen-bond acceptors (Lipinski definition) is 4. The first-order valence-corrected chi connectivity index (χ1v) is 5.04. The van der Waals surface area contributed by atoms with E-state index in [2.05, 4.69) is 9.97 Å². The van der Waals surface area contributed by atoms with Crippen LogP contribution in [0.2, 0.25) is 0 Å². The van der Waals surface area contributed by atoms with Gasteiger partial charge in [0.05, 0.1) is 12.5 Å². The van der Waals surface area contributed by atoms with Crippen molar-refractivity contribution < 1.29 is 9.52 Å². The van der Waals surface area contributed by atoms with Crippen LogP contribution in [0.4, 0.5) is 0 Å². The van der Waals surface area contributed by atoms with Gasteiger partial charge in [0.25, 0.3) is 0 Å². The van der Waals surface area contributed by atoms with Crippen molar-refractivity contribution in [3.63, 3.8) is 0 Å². The smallest absolute Gasteiger partial charge is 0.202 e. The predicted molar refractivity (Wildman–Crippen MR) is 56.5 cm³/mol. The molecule has 2 rings (SSSR count). The maximum Gasteiger partial charge on any atom is 0.202 e. The standard InChI is InChI=1S/C11H14N2O2/c1-7(2)8(6-14)11-13-10-9(15-11)4-3-5-12-10/h3-5,7-8,14H,6H2,1-2H3. The molecule has 80 valence electrons. The second-order valence-electron chi connectivity index (χ2n) is 3.91. The Hall–Kier alpha value is -1.42. The van der Waals surface area contributed by atoms with E-state index in [4.69, 9.17) is 4.42 Å². The molecule has 0 aliphatic carbocycles. The third-order valence-electron chi connectivity index (χ3n) is 2.50. The second kappa shape index (κ2) is 3.98. The average Bonchev–Trinajstić information content (AvgIpc) is 2.61. The second-order valence-corrected chi connectivity index (χ2v) is 3.91. The van der Waals surface area contributed by atoms with Crippen molar-refractivity contribution in [2.24, 2.45) is 5.92 Å². The summed E-state index contributed by atoms with van der Waals surface area (Å²) in [5, 5.41) is 9.25. The molecule has 4 nitrogen and oxygen atoms in total. The first-order chi connectivity index (χ1) is 7.22. The van der Waals surface area contributed by atoms with Crippen LogP contribution in [0, 0.1) is 5.92 Å². The highest BCUT2D eigenvalue weighted by Gasteiger charge is 2.20. The highest BCUT2D eigenvalue weighted by atomic mass is 16.4. The summed E-state index contributed by atoms with van der Waals surface area (Å²) in [6.07, 6.45) is 1.68. The lowest BCUT2D eigenvalue weighted by Crippen LogP contribution is -2.11. The number of aliphatic hydroxyl groups is 1. The summed E-state index contributed by atoms with van der Waals surface area (Å²) in [7, 11) is 0. The summed E-state index contributed by atoms with van der Waals surface area (Å²) in [5.74, 6) is 0.809. The average molecular weight is 206 g/mol. The van der Waals surface area contributed by atoms with Gasteiger partial charge in [-0.15, -0.1) is 0 Å². The largest absolute Gasteiger partial charge is 0.439 e. The van der Waals surface area contributed by atoms with E-state index in [1.807, 2.05) is 19.9 Å². The molecular formula is C11H14N2O2. The van der Waals surface area contributed by atoms with Crippen molar-refractivity contribution in [1.82, 2.24) is 9.97 Å². The third kappa shape index (κ3) is 1.85. The Morgan fingerprint density at radius 2 is 2.27 bits per heavy atom. The van der Waals surface area contributed by atoms with Crippen molar-refractivity contribution in [2.45, 2.75) is 19.8 Å². The molecule has 2 heterocycles. The fraction of sp³-hybridized carbons (Fsp3) is 0.455. The molecule has 0 spiro atoms. The lowest BCUT2D eigenvalue weighted by molar-refractivity contribution is 0.217. The number of hydrogen-bond donors (Lipinski definition) is 1. The molecule has 0 radical (unpaired) electrons. The lowest BCUT2D eigenvalue weighted by Gasteiger charge is -2.13. The Labute approximate surface area is 88.0 Å². The minimum Gasteiger partial charge on any atom is -0.439 e. The van der Waals surface area contributed by atoms with Gasteiger partial charge in [0, 0.05) is 6.20 Å². The Kier molecular flexibility index (Phi) is 2.68. The van der Waals surface area contributed by atoms with Crippen molar-refractivity contribution in [1.29, 1.82) is 0 Å². The van der Waals surface area contributed by atoms with Gasteiger partial charge in [-0.3, -0.25) is 0 Å². The molecule has 1 unspecified atom stereocenters. The van der Waals surface area contributed by atoms with E-state index in [1.165, 1.54) is 0 Å². The molecule has 1 N–H and O–H groups in total. The molecule has 0 amide bonds. The van der Waals surface area contributed by atoms with Crippen LogP contribution >= 0.6 is 0 Å². The molecule has 2 aromatic rings. The van der Waals surface area contributed by atoms with Crippen LogP contribution in [-0.4, -0.2) is 21.7 Å². The molecule has 2 aromatic heterocycles. The summed E-state index contributed by atoms with van der Waals surface area (Å²) in [6.45, 7) is 4.11. The fourth-order valence-corrected chi connectivity index (χ4v) is 1.52. The molecule has 0 bridgehead atoms. The summed E-state index contributed by atoms with van der Waals surface area (Å²) < 4.78 is 5.55. The highest BCUT2D eigenvalue weighted by Crippen LogP contribution is 2.25. The maximum absolute atomic E-state index is 9.25. The van der Waals surface area contributed by atoms with Gasteiger partial charge in [-0.1, -0.05) is 13.8 Å². The summed E-state index contributed by atoms with van der Waals surface area (Å²) in [4.78, 5) is 8.36. The van der Waals surface area contributed by atoms with Gasteiger partial charge in [-0.05, 0) is 18.1 Å². The molecule has 0 saturated heterocycles. The number of aliphatic hydroxyl groups excluding tert-OH is 1. The van der Waals surface area contributed by atoms with E-state index in [0.29, 0.717) is 23.0 Å². The molecule has 0 aliphatic rings. The number of oxazole rings is 1. The van der Waals surface area contributed by atoms with Crippen molar-refractivity contribution in [2.75, 3.05) is 6.61 Å². The van der Waals surface area contributed by atoms with Crippen LogP contribution in [0.25, 0.3) is 11.2 Å². The minimum atomic E-state index is -0.0563. The van der Waals surface area contributed by atoms with E-state index in [-0.39, 0.29) is 12.5 Å². The van der Waals surface area contributed by atoms with E-state index >= 15 is 0 Å². The van der Waals surface area contributed by atoms with Gasteiger partial charge in [-0.2, -0.15) is 4.98 Å². The van der Waals surface area contributed by atoms with Crippen molar-refractivity contribution in [3.05, 3.63) is 24.2 Å². The summed E-state index contributed by atoms with van der Waals surface area (Å²) >= 11 is 0. The topological polar surface area (TPSA) is 59.2 Å². The number of aromatic nitrogens is 2. The number of pyridine rings is 1.